The first kappa shape index (κ1) is 21.2. The fourth-order valence-corrected chi connectivity index (χ4v) is 2.75. The third-order valence-electron chi connectivity index (χ3n) is 4.24. The first-order valence-corrected chi connectivity index (χ1v) is 8.44. The minimum absolute atomic E-state index is 0. The molecule has 0 spiro atoms. The van der Waals surface area contributed by atoms with Crippen LogP contribution in [0.3, 0.4) is 0 Å². The zero-order valence-corrected chi connectivity index (χ0v) is 17.3. The number of methoxy groups -OCH3 is 1. The van der Waals surface area contributed by atoms with E-state index in [0.717, 1.165) is 38.6 Å². The minimum atomic E-state index is 0. The molecule has 1 fully saturated rings. The summed E-state index contributed by atoms with van der Waals surface area (Å²) in [6, 6.07) is 11.2. The van der Waals surface area contributed by atoms with Crippen molar-refractivity contribution in [2.24, 2.45) is 4.99 Å². The Hall–Kier alpha value is -0.860. The molecule has 2 atom stereocenters. The summed E-state index contributed by atoms with van der Waals surface area (Å²) in [5, 5.41) is 6.92. The molecule has 1 saturated carbocycles. The van der Waals surface area contributed by atoms with Gasteiger partial charge in [0.25, 0.3) is 0 Å². The Bertz CT molecular complexity index is 483. The Morgan fingerprint density at radius 3 is 2.71 bits per heavy atom. The Balaban J connectivity index is 0.00000288. The van der Waals surface area contributed by atoms with Gasteiger partial charge in [0.15, 0.2) is 5.96 Å². The first-order valence-electron chi connectivity index (χ1n) is 8.44. The lowest BCUT2D eigenvalue weighted by atomic mass is 10.1. The fourth-order valence-electron chi connectivity index (χ4n) is 2.75. The summed E-state index contributed by atoms with van der Waals surface area (Å²) < 4.78 is 5.08. The zero-order chi connectivity index (χ0) is 16.5. The monoisotopic (exact) mass is 446 g/mol. The van der Waals surface area contributed by atoms with E-state index >= 15 is 0 Å². The molecule has 6 heteroatoms. The molecular weight excluding hydrogens is 415 g/mol. The van der Waals surface area contributed by atoms with Gasteiger partial charge in [-0.3, -0.25) is 4.99 Å². The smallest absolute Gasteiger partial charge is 0.191 e. The number of halogens is 1. The number of benzene rings is 1. The Morgan fingerprint density at radius 1 is 1.29 bits per heavy atom. The van der Waals surface area contributed by atoms with E-state index in [1.165, 1.54) is 12.0 Å². The molecule has 0 heterocycles. The molecule has 5 nitrogen and oxygen atoms in total. The van der Waals surface area contributed by atoms with E-state index in [4.69, 9.17) is 4.74 Å². The first-order chi connectivity index (χ1) is 11.2. The van der Waals surface area contributed by atoms with E-state index in [-0.39, 0.29) is 24.0 Å². The average Bonchev–Trinajstić information content (AvgIpc) is 3.34. The van der Waals surface area contributed by atoms with Gasteiger partial charge in [-0.25, -0.2) is 0 Å². The number of hydrogen-bond acceptors (Lipinski definition) is 3. The summed E-state index contributed by atoms with van der Waals surface area (Å²) in [6.07, 6.45) is 2.25. The topological polar surface area (TPSA) is 48.9 Å². The molecule has 0 aromatic heterocycles. The molecule has 2 unspecified atom stereocenters. The number of guanidine groups is 1. The van der Waals surface area contributed by atoms with E-state index in [0.29, 0.717) is 12.0 Å². The normalized spacial score (nSPS) is 19.8. The van der Waals surface area contributed by atoms with Gasteiger partial charge in [-0.05, 0) is 25.5 Å². The van der Waals surface area contributed by atoms with E-state index in [9.17, 15) is 0 Å². The standard InChI is InChI=1S/C18H30N4O.HI/c1-19-18(20-10-12-22(2)11-7-13-23-3)21-17-14-16(17)15-8-5-4-6-9-15;/h4-6,8-9,16-17H,7,10-14H2,1-3H3,(H2,19,20,21);1H. The largest absolute Gasteiger partial charge is 0.385 e. The second kappa shape index (κ2) is 11.7. The SMILES string of the molecule is CN=C(NCCN(C)CCCOC)NC1CC1c1ccccc1.I. The Labute approximate surface area is 163 Å². The van der Waals surface area contributed by atoms with Crippen molar-refractivity contribution in [1.29, 1.82) is 0 Å². The van der Waals surface area contributed by atoms with Crippen molar-refractivity contribution in [3.8, 4) is 0 Å². The molecule has 0 bridgehead atoms. The van der Waals surface area contributed by atoms with Crippen LogP contribution in [0.2, 0.25) is 0 Å². The predicted octanol–water partition coefficient (Wildman–Crippen LogP) is 2.29. The highest BCUT2D eigenvalue weighted by molar-refractivity contribution is 14.0. The lowest BCUT2D eigenvalue weighted by Gasteiger charge is -2.18. The average molecular weight is 446 g/mol. The van der Waals surface area contributed by atoms with E-state index in [1.54, 1.807) is 7.11 Å². The fraction of sp³-hybridized carbons (Fsp3) is 0.611. The van der Waals surface area contributed by atoms with Crippen molar-refractivity contribution in [1.82, 2.24) is 15.5 Å². The van der Waals surface area contributed by atoms with Crippen molar-refractivity contribution >= 4 is 29.9 Å². The van der Waals surface area contributed by atoms with Crippen LogP contribution in [0.5, 0.6) is 0 Å². The highest BCUT2D eigenvalue weighted by Gasteiger charge is 2.38. The zero-order valence-electron chi connectivity index (χ0n) is 15.0. The molecule has 2 N–H and O–H groups in total. The highest BCUT2D eigenvalue weighted by Crippen LogP contribution is 2.40. The van der Waals surface area contributed by atoms with Crippen LogP contribution in [0.15, 0.2) is 35.3 Å². The molecule has 2 rings (SSSR count). The maximum atomic E-state index is 5.08. The third kappa shape index (κ3) is 7.36. The molecule has 24 heavy (non-hydrogen) atoms. The van der Waals surface area contributed by atoms with Gasteiger partial charge < -0.3 is 20.3 Å². The molecule has 0 radical (unpaired) electrons. The number of nitrogens with one attached hydrogen (secondary N) is 2. The summed E-state index contributed by atoms with van der Waals surface area (Å²) in [5.41, 5.74) is 1.42. The summed E-state index contributed by atoms with van der Waals surface area (Å²) in [5.74, 6) is 1.52. The maximum absolute atomic E-state index is 5.08. The lowest BCUT2D eigenvalue weighted by Crippen LogP contribution is -2.42. The molecule has 0 amide bonds. The number of likely N-dealkylation sites (N-methyl/N-ethyl adjacent to an activating group) is 1. The van der Waals surface area contributed by atoms with Crippen LogP contribution in [0.25, 0.3) is 0 Å². The summed E-state index contributed by atoms with van der Waals surface area (Å²) >= 11 is 0. The van der Waals surface area contributed by atoms with Gasteiger partial charge in [-0.15, -0.1) is 24.0 Å². The Kier molecular flexibility index (Phi) is 10.3. The summed E-state index contributed by atoms with van der Waals surface area (Å²) in [4.78, 5) is 6.63. The number of hydrogen-bond donors (Lipinski definition) is 2. The lowest BCUT2D eigenvalue weighted by molar-refractivity contribution is 0.180. The van der Waals surface area contributed by atoms with Gasteiger partial charge in [0.1, 0.15) is 0 Å². The van der Waals surface area contributed by atoms with Crippen LogP contribution >= 0.6 is 24.0 Å². The third-order valence-corrected chi connectivity index (χ3v) is 4.24. The van der Waals surface area contributed by atoms with Gasteiger partial charge >= 0.3 is 0 Å². The second-order valence-corrected chi connectivity index (χ2v) is 6.15. The van der Waals surface area contributed by atoms with E-state index in [2.05, 4.69) is 57.9 Å². The molecule has 136 valence electrons. The molecule has 1 aliphatic carbocycles. The van der Waals surface area contributed by atoms with Crippen molar-refractivity contribution in [3.05, 3.63) is 35.9 Å². The van der Waals surface area contributed by atoms with Gasteiger partial charge in [0.2, 0.25) is 0 Å². The van der Waals surface area contributed by atoms with Crippen LogP contribution in [0.4, 0.5) is 0 Å². The molecule has 0 saturated heterocycles. The van der Waals surface area contributed by atoms with Gasteiger partial charge in [-0.1, -0.05) is 30.3 Å². The minimum Gasteiger partial charge on any atom is -0.385 e. The number of aliphatic imine (C=N–C) groups is 1. The molecule has 1 aromatic carbocycles. The number of ether oxygens (including phenoxy) is 1. The number of rotatable bonds is 9. The van der Waals surface area contributed by atoms with Crippen molar-refractivity contribution in [2.75, 3.05) is 47.4 Å². The summed E-state index contributed by atoms with van der Waals surface area (Å²) in [7, 11) is 5.72. The molecule has 0 aliphatic heterocycles. The van der Waals surface area contributed by atoms with Crippen LogP contribution in [0.1, 0.15) is 24.3 Å². The second-order valence-electron chi connectivity index (χ2n) is 6.15. The van der Waals surface area contributed by atoms with Crippen LogP contribution in [-0.4, -0.2) is 64.3 Å². The van der Waals surface area contributed by atoms with Crippen molar-refractivity contribution in [2.45, 2.75) is 24.8 Å². The van der Waals surface area contributed by atoms with Crippen LogP contribution in [0, 0.1) is 0 Å². The van der Waals surface area contributed by atoms with Gasteiger partial charge in [0.05, 0.1) is 0 Å². The quantitative estimate of drug-likeness (QED) is 0.265. The van der Waals surface area contributed by atoms with Crippen LogP contribution in [-0.2, 0) is 4.74 Å². The molecule has 1 aliphatic rings. The van der Waals surface area contributed by atoms with Crippen molar-refractivity contribution < 1.29 is 4.74 Å². The summed E-state index contributed by atoms with van der Waals surface area (Å²) in [6.45, 7) is 3.77. The Morgan fingerprint density at radius 2 is 2.04 bits per heavy atom. The van der Waals surface area contributed by atoms with Crippen LogP contribution < -0.4 is 10.6 Å². The van der Waals surface area contributed by atoms with E-state index in [1.807, 2.05) is 7.05 Å². The molecular formula is C18H31IN4O. The molecule has 1 aromatic rings. The van der Waals surface area contributed by atoms with E-state index < -0.39 is 0 Å². The van der Waals surface area contributed by atoms with Gasteiger partial charge in [-0.2, -0.15) is 0 Å². The predicted molar refractivity (Wildman–Crippen MR) is 111 cm³/mol. The van der Waals surface area contributed by atoms with Gasteiger partial charge in [0, 0.05) is 52.4 Å². The highest BCUT2D eigenvalue weighted by atomic mass is 127. The number of nitrogens with zero attached hydrogens (tertiary/aromatic N) is 2. The van der Waals surface area contributed by atoms with Crippen molar-refractivity contribution in [3.63, 3.8) is 0 Å². The maximum Gasteiger partial charge on any atom is 0.191 e.